The van der Waals surface area contributed by atoms with Gasteiger partial charge in [-0.3, -0.25) is 9.67 Å². The highest BCUT2D eigenvalue weighted by Crippen LogP contribution is 2.34. The van der Waals surface area contributed by atoms with Gasteiger partial charge >= 0.3 is 0 Å². The molecule has 3 aromatic heterocycles. The summed E-state index contributed by atoms with van der Waals surface area (Å²) in [5.41, 5.74) is 4.73. The van der Waals surface area contributed by atoms with E-state index in [0.717, 1.165) is 22.3 Å². The van der Waals surface area contributed by atoms with E-state index in [1.165, 1.54) is 25.4 Å². The second-order valence-corrected chi connectivity index (χ2v) is 11.0. The van der Waals surface area contributed by atoms with Crippen LogP contribution in [0.2, 0.25) is 5.02 Å². The Morgan fingerprint density at radius 2 is 1.87 bits per heavy atom. The molecule has 0 spiro atoms. The molecule has 3 heterocycles. The first-order chi connectivity index (χ1) is 18.8. The van der Waals surface area contributed by atoms with E-state index in [2.05, 4.69) is 14.8 Å². The average Bonchev–Trinajstić information content (AvgIpc) is 3.36. The minimum absolute atomic E-state index is 0.0157. The molecule has 200 valence electrons. The highest BCUT2D eigenvalue weighted by Gasteiger charge is 2.18. The highest BCUT2D eigenvalue weighted by molar-refractivity contribution is 7.89. The number of aromatic nitrogens is 4. The van der Waals surface area contributed by atoms with Gasteiger partial charge in [0, 0.05) is 54.4 Å². The van der Waals surface area contributed by atoms with Crippen LogP contribution in [0.15, 0.2) is 78.1 Å². The second-order valence-electron chi connectivity index (χ2n) is 8.85. The Bertz CT molecular complexity index is 1750. The number of halogens is 1. The van der Waals surface area contributed by atoms with E-state index in [0.29, 0.717) is 33.2 Å². The van der Waals surface area contributed by atoms with Gasteiger partial charge in [-0.05, 0) is 55.0 Å². The molecule has 5 aromatic rings. The summed E-state index contributed by atoms with van der Waals surface area (Å²) in [6.07, 6.45) is 4.84. The van der Waals surface area contributed by atoms with Crippen LogP contribution < -0.4 is 14.2 Å². The number of ether oxygens (including phenoxy) is 2. The first-order valence-electron chi connectivity index (χ1n) is 12.0. The summed E-state index contributed by atoms with van der Waals surface area (Å²) in [7, 11) is -0.361. The Labute approximate surface area is 231 Å². The zero-order valence-corrected chi connectivity index (χ0v) is 23.1. The number of para-hydroxylation sites is 1. The fraction of sp³-hybridized carbons (Fsp3) is 0.179. The number of hydrogen-bond donors (Lipinski definition) is 1. The molecule has 0 saturated heterocycles. The lowest BCUT2D eigenvalue weighted by molar-refractivity contribution is 0.308. The Balaban J connectivity index is 1.41. The van der Waals surface area contributed by atoms with Gasteiger partial charge in [-0.1, -0.05) is 23.7 Å². The molecule has 0 bridgehead atoms. The maximum atomic E-state index is 12.9. The summed E-state index contributed by atoms with van der Waals surface area (Å²) in [4.78, 5) is 9.02. The fourth-order valence-corrected chi connectivity index (χ4v) is 5.53. The zero-order chi connectivity index (χ0) is 27.6. The monoisotopic (exact) mass is 563 g/mol. The molecule has 0 saturated carbocycles. The lowest BCUT2D eigenvalue weighted by Crippen LogP contribution is -2.24. The van der Waals surface area contributed by atoms with Crippen LogP contribution in [-0.4, -0.2) is 35.3 Å². The topological polar surface area (TPSA) is 108 Å². The number of fused-ring (bicyclic) bond motifs is 1. The SMILES string of the molecule is COc1ccc(S(=O)(=O)NCc2cncc(Cl)c2COc2cccc3c(-c4ccnn4C)cc(C)nc23)cc1. The van der Waals surface area contributed by atoms with Crippen LogP contribution in [0.25, 0.3) is 22.2 Å². The predicted molar refractivity (Wildman–Crippen MR) is 149 cm³/mol. The molecular weight excluding hydrogens is 538 g/mol. The van der Waals surface area contributed by atoms with Gasteiger partial charge in [0.15, 0.2) is 0 Å². The number of nitrogens with zero attached hydrogens (tertiary/aromatic N) is 4. The number of sulfonamides is 1. The van der Waals surface area contributed by atoms with E-state index in [9.17, 15) is 8.42 Å². The van der Waals surface area contributed by atoms with Crippen LogP contribution >= 0.6 is 11.6 Å². The maximum Gasteiger partial charge on any atom is 0.240 e. The van der Waals surface area contributed by atoms with Crippen LogP contribution in [0.1, 0.15) is 16.8 Å². The normalized spacial score (nSPS) is 11.6. The van der Waals surface area contributed by atoms with Crippen molar-refractivity contribution in [3.05, 3.63) is 95.0 Å². The molecule has 0 unspecified atom stereocenters. The van der Waals surface area contributed by atoms with Crippen molar-refractivity contribution in [2.24, 2.45) is 7.05 Å². The van der Waals surface area contributed by atoms with E-state index in [1.807, 2.05) is 49.0 Å². The standard InChI is InChI=1S/C28H26ClN5O4S/c1-18-13-23(26-11-12-31-34(26)2)22-5-4-6-27(28(22)33-18)38-17-24-19(14-30-16-25(24)29)15-32-39(35,36)21-9-7-20(37-3)8-10-21/h4-14,16,32H,15,17H2,1-3H3. The Kier molecular flexibility index (Phi) is 7.51. The minimum Gasteiger partial charge on any atom is -0.497 e. The summed E-state index contributed by atoms with van der Waals surface area (Å²) < 4.78 is 41.5. The number of hydrogen-bond acceptors (Lipinski definition) is 7. The molecule has 2 aromatic carbocycles. The van der Waals surface area contributed by atoms with Gasteiger partial charge in [0.1, 0.15) is 23.6 Å². The number of methoxy groups -OCH3 is 1. The summed E-state index contributed by atoms with van der Waals surface area (Å²) in [6, 6.07) is 15.9. The van der Waals surface area contributed by atoms with Crippen molar-refractivity contribution < 1.29 is 17.9 Å². The molecule has 9 nitrogen and oxygen atoms in total. The number of pyridine rings is 2. The number of aryl methyl sites for hydroxylation is 2. The number of rotatable bonds is 9. The zero-order valence-electron chi connectivity index (χ0n) is 21.6. The van der Waals surface area contributed by atoms with Crippen molar-refractivity contribution in [2.45, 2.75) is 25.0 Å². The average molecular weight is 564 g/mol. The second kappa shape index (κ2) is 11.0. The lowest BCUT2D eigenvalue weighted by Gasteiger charge is -2.15. The highest BCUT2D eigenvalue weighted by atomic mass is 35.5. The predicted octanol–water partition coefficient (Wildman–Crippen LogP) is 5.06. The molecular formula is C28H26ClN5O4S. The van der Waals surface area contributed by atoms with Gasteiger partial charge in [0.2, 0.25) is 10.0 Å². The summed E-state index contributed by atoms with van der Waals surface area (Å²) in [5, 5.41) is 5.60. The number of benzene rings is 2. The van der Waals surface area contributed by atoms with Gasteiger partial charge in [-0.2, -0.15) is 5.10 Å². The Morgan fingerprint density at radius 1 is 1.08 bits per heavy atom. The quantitative estimate of drug-likeness (QED) is 0.267. The van der Waals surface area contributed by atoms with Crippen molar-refractivity contribution in [1.29, 1.82) is 0 Å². The van der Waals surface area contributed by atoms with E-state index in [-0.39, 0.29) is 18.0 Å². The molecule has 0 amide bonds. The van der Waals surface area contributed by atoms with Crippen molar-refractivity contribution in [1.82, 2.24) is 24.5 Å². The third kappa shape index (κ3) is 5.58. The first-order valence-corrected chi connectivity index (χ1v) is 13.9. The molecule has 11 heteroatoms. The van der Waals surface area contributed by atoms with Crippen LogP contribution in [0.4, 0.5) is 0 Å². The first kappa shape index (κ1) is 26.6. The minimum atomic E-state index is -3.78. The maximum absolute atomic E-state index is 12.9. The molecule has 0 aliphatic heterocycles. The fourth-order valence-electron chi connectivity index (χ4n) is 4.29. The molecule has 1 N–H and O–H groups in total. The van der Waals surface area contributed by atoms with E-state index in [1.54, 1.807) is 24.5 Å². The van der Waals surface area contributed by atoms with Crippen molar-refractivity contribution in [2.75, 3.05) is 7.11 Å². The molecule has 39 heavy (non-hydrogen) atoms. The Hall–Kier alpha value is -3.99. The summed E-state index contributed by atoms with van der Waals surface area (Å²) in [6.45, 7) is 2.01. The van der Waals surface area contributed by atoms with Crippen LogP contribution in [0.5, 0.6) is 11.5 Å². The molecule has 0 radical (unpaired) electrons. The van der Waals surface area contributed by atoms with Gasteiger partial charge < -0.3 is 9.47 Å². The summed E-state index contributed by atoms with van der Waals surface area (Å²) in [5.74, 6) is 1.15. The smallest absolute Gasteiger partial charge is 0.240 e. The lowest BCUT2D eigenvalue weighted by atomic mass is 10.0. The van der Waals surface area contributed by atoms with Crippen LogP contribution in [0.3, 0.4) is 0 Å². The molecule has 0 aliphatic carbocycles. The van der Waals surface area contributed by atoms with Crippen molar-refractivity contribution in [3.8, 4) is 22.8 Å². The molecule has 0 fully saturated rings. The Morgan fingerprint density at radius 3 is 2.59 bits per heavy atom. The van der Waals surface area contributed by atoms with E-state index in [4.69, 9.17) is 26.1 Å². The molecule has 5 rings (SSSR count). The molecule has 0 atom stereocenters. The van der Waals surface area contributed by atoms with Crippen molar-refractivity contribution >= 4 is 32.5 Å². The molecule has 0 aliphatic rings. The van der Waals surface area contributed by atoms with E-state index < -0.39 is 10.0 Å². The van der Waals surface area contributed by atoms with E-state index >= 15 is 0 Å². The van der Waals surface area contributed by atoms with Crippen LogP contribution in [-0.2, 0) is 30.2 Å². The van der Waals surface area contributed by atoms with Gasteiger partial charge in [-0.25, -0.2) is 18.1 Å². The van der Waals surface area contributed by atoms with Gasteiger partial charge in [0.25, 0.3) is 0 Å². The largest absolute Gasteiger partial charge is 0.497 e. The van der Waals surface area contributed by atoms with Crippen molar-refractivity contribution in [3.63, 3.8) is 0 Å². The third-order valence-electron chi connectivity index (χ3n) is 6.32. The van der Waals surface area contributed by atoms with Gasteiger partial charge in [0.05, 0.1) is 22.7 Å². The number of nitrogens with one attached hydrogen (secondary N) is 1. The van der Waals surface area contributed by atoms with Gasteiger partial charge in [-0.15, -0.1) is 0 Å². The third-order valence-corrected chi connectivity index (χ3v) is 8.06. The van der Waals surface area contributed by atoms with Crippen LogP contribution in [0, 0.1) is 6.92 Å². The summed E-state index contributed by atoms with van der Waals surface area (Å²) >= 11 is 6.49.